The Morgan fingerprint density at radius 3 is 2.29 bits per heavy atom. The summed E-state index contributed by atoms with van der Waals surface area (Å²) in [7, 11) is 2.16. The van der Waals surface area contributed by atoms with Gasteiger partial charge in [0.1, 0.15) is 29.9 Å². The van der Waals surface area contributed by atoms with Crippen molar-refractivity contribution in [3.8, 4) is 28.1 Å². The van der Waals surface area contributed by atoms with Crippen molar-refractivity contribution in [2.45, 2.75) is 163 Å². The van der Waals surface area contributed by atoms with Crippen molar-refractivity contribution in [2.75, 3.05) is 47.4 Å². The van der Waals surface area contributed by atoms with Crippen molar-refractivity contribution >= 4 is 54.7 Å². The Kier molecular flexibility index (Phi) is 18.2. The number of amides is 5. The van der Waals surface area contributed by atoms with Crippen LogP contribution in [0.4, 0.5) is 0 Å². The Hall–Kier alpha value is -6.11. The Balaban J connectivity index is 1.38. The van der Waals surface area contributed by atoms with Crippen LogP contribution in [0.25, 0.3) is 33.3 Å². The minimum atomic E-state index is -2.56. The van der Waals surface area contributed by atoms with Gasteiger partial charge in [-0.05, 0) is 107 Å². The number of carbonyl (C=O) groups is 6. The number of hydrogen-bond acceptors (Lipinski definition) is 11. The van der Waals surface area contributed by atoms with Crippen LogP contribution in [0.2, 0.25) is 16.6 Å². The van der Waals surface area contributed by atoms with E-state index in [9.17, 15) is 24.0 Å². The second kappa shape index (κ2) is 23.9. The normalized spacial score (nSPS) is 19.3. The van der Waals surface area contributed by atoms with Crippen molar-refractivity contribution < 1.29 is 42.7 Å². The predicted octanol–water partition coefficient (Wildman–Crippen LogP) is 7.91. The summed E-state index contributed by atoms with van der Waals surface area (Å²) >= 11 is 0. The number of nitrogens with one attached hydrogen (secondary N) is 2. The first-order valence-corrected chi connectivity index (χ1v) is 29.7. The first kappa shape index (κ1) is 58.6. The molecule has 6 bridgehead atoms. The fraction of sp³-hybridized carbons (Fsp3) is 0.576. The average molecular weight is 1080 g/mol. The Labute approximate surface area is 456 Å². The highest BCUT2D eigenvalue weighted by Gasteiger charge is 2.48. The van der Waals surface area contributed by atoms with Crippen LogP contribution in [-0.4, -0.2) is 145 Å². The van der Waals surface area contributed by atoms with E-state index in [1.165, 1.54) is 40.7 Å². The van der Waals surface area contributed by atoms with Crippen LogP contribution in [0.3, 0.4) is 0 Å². The molecule has 2 aromatic heterocycles. The number of hydrogen-bond donors (Lipinski definition) is 2. The van der Waals surface area contributed by atoms with Crippen LogP contribution in [0, 0.1) is 11.3 Å². The lowest BCUT2D eigenvalue weighted by Gasteiger charge is -2.42. The summed E-state index contributed by atoms with van der Waals surface area (Å²) in [5.74, 6) is -2.28. The van der Waals surface area contributed by atoms with Gasteiger partial charge in [0, 0.05) is 81.9 Å². The average Bonchev–Trinajstić information content (AvgIpc) is 4.18. The molecule has 7 rings (SSSR count). The molecule has 17 nitrogen and oxygen atoms in total. The smallest absolute Gasteiger partial charge is 0.324 e. The summed E-state index contributed by atoms with van der Waals surface area (Å²) < 4.78 is 21.7. The number of benzene rings is 2. The molecule has 2 saturated heterocycles. The zero-order chi connectivity index (χ0) is 56.4. The third-order valence-electron chi connectivity index (χ3n) is 16.1. The maximum absolute atomic E-state index is 15.2. The van der Waals surface area contributed by atoms with Gasteiger partial charge in [0.25, 0.3) is 14.2 Å². The van der Waals surface area contributed by atoms with Crippen molar-refractivity contribution in [1.29, 1.82) is 0 Å². The fourth-order valence-electron chi connectivity index (χ4n) is 12.2. The first-order chi connectivity index (χ1) is 36.3. The van der Waals surface area contributed by atoms with Crippen LogP contribution in [-0.2, 0) is 64.2 Å². The number of carbonyl (C=O) groups excluding carboxylic acids is 6. The third kappa shape index (κ3) is 12.4. The topological polar surface area (TPSA) is 185 Å². The lowest BCUT2D eigenvalue weighted by molar-refractivity contribution is -0.155. The zero-order valence-electron chi connectivity index (χ0n) is 48.2. The molecule has 3 aliphatic heterocycles. The van der Waals surface area contributed by atoms with E-state index >= 15 is 4.79 Å². The summed E-state index contributed by atoms with van der Waals surface area (Å²) in [4.78, 5) is 92.0. The van der Waals surface area contributed by atoms with Gasteiger partial charge < -0.3 is 38.5 Å². The molecule has 418 valence electrons. The predicted molar refractivity (Wildman–Crippen MR) is 301 cm³/mol. The molecule has 18 heteroatoms. The largest absolute Gasteiger partial charge is 0.543 e. The molecule has 0 radical (unpaired) electrons. The molecule has 4 aromatic rings. The molecule has 2 fully saturated rings. The first-order valence-electron chi connectivity index (χ1n) is 27.6. The summed E-state index contributed by atoms with van der Waals surface area (Å²) in [6.45, 7) is 26.3. The van der Waals surface area contributed by atoms with Gasteiger partial charge in [0.05, 0.1) is 32.0 Å². The number of methoxy groups -OCH3 is 1. The van der Waals surface area contributed by atoms with E-state index in [1.54, 1.807) is 13.3 Å². The van der Waals surface area contributed by atoms with E-state index in [0.717, 1.165) is 50.0 Å². The van der Waals surface area contributed by atoms with Crippen molar-refractivity contribution in [2.24, 2.45) is 11.3 Å². The molecule has 0 unspecified atom stereocenters. The number of nitrogens with zero attached hydrogens (tertiary/aromatic N) is 6. The highest BCUT2D eigenvalue weighted by Crippen LogP contribution is 2.45. The van der Waals surface area contributed by atoms with Gasteiger partial charge in [0.15, 0.2) is 0 Å². The van der Waals surface area contributed by atoms with Gasteiger partial charge in [-0.15, -0.1) is 0 Å². The van der Waals surface area contributed by atoms with Gasteiger partial charge >= 0.3 is 5.97 Å². The van der Waals surface area contributed by atoms with E-state index in [1.807, 2.05) is 32.2 Å². The summed E-state index contributed by atoms with van der Waals surface area (Å²) in [5, 5.41) is 5.56. The number of fused-ring (bicyclic) bond motifs is 6. The van der Waals surface area contributed by atoms with Gasteiger partial charge in [-0.25, -0.2) is 5.43 Å². The molecule has 0 spiro atoms. The third-order valence-corrected chi connectivity index (χ3v) is 22.1. The van der Waals surface area contributed by atoms with Gasteiger partial charge in [-0.1, -0.05) is 81.4 Å². The second-order valence-electron chi connectivity index (χ2n) is 23.7. The highest BCUT2D eigenvalue weighted by molar-refractivity contribution is 6.78. The SMILES string of the molecule is CCn1c(-c2cnccc2COC)c2c3cc(ccc31)-c1cc(cc(O[Si](C(C)C)(C(C)C)C(C)C)c1)C[C@H](NC(=O)[C@H](C(C)C)N(C)C(=O)CN(C)C(=O)[C@H]1CN1C(C)=O)C(=O)N1CCC[C@H](N1)C(=O)OCC(C)(C)C2. The van der Waals surface area contributed by atoms with E-state index < -0.39 is 67.5 Å². The Morgan fingerprint density at radius 2 is 1.66 bits per heavy atom. The number of aromatic nitrogens is 2. The van der Waals surface area contributed by atoms with E-state index in [2.05, 4.69) is 113 Å². The maximum atomic E-state index is 15.2. The maximum Gasteiger partial charge on any atom is 0.324 e. The summed E-state index contributed by atoms with van der Waals surface area (Å²) in [5.41, 5.74) is 11.1. The summed E-state index contributed by atoms with van der Waals surface area (Å²) in [6, 6.07) is 11.0. The quantitative estimate of drug-likeness (QED) is 0.0632. The monoisotopic (exact) mass is 1080 g/mol. The van der Waals surface area contributed by atoms with Crippen molar-refractivity contribution in [1.82, 2.24) is 40.0 Å². The molecule has 0 aliphatic carbocycles. The molecular formula is C59H84N8O9Si. The number of aryl methyl sites for hydroxylation is 1. The molecular weight excluding hydrogens is 993 g/mol. The standard InChI is InChI=1S/C59H84N8O9Si/c1-16-65-50-20-19-41-28-45(50)46(54(65)47-30-60-22-21-42(47)33-74-15)29-59(11,12)34-75-58(73)48-18-17-23-67(62-48)56(71)49(26-40-24-43(41)27-44(25-40)76-77(36(4)5,37(6)7)38(8)9)61-55(70)53(35(2)3)64(14)52(69)32-63(13)57(72)51-31-66(51)39(10)68/h19-22,24-25,27-28,30,35-38,48-49,51,53,62H,16-18,23,26,29,31-34H2,1-15H3,(H,61,70)/t48-,49-,51+,53-,66?/m0/s1. The number of likely N-dealkylation sites (N-methyl/N-ethyl adjacent to an activating group) is 2. The van der Waals surface area contributed by atoms with Crippen LogP contribution in [0.5, 0.6) is 5.75 Å². The van der Waals surface area contributed by atoms with Gasteiger partial charge in [-0.3, -0.25) is 38.8 Å². The van der Waals surface area contributed by atoms with E-state index in [0.29, 0.717) is 44.7 Å². The number of esters is 1. The van der Waals surface area contributed by atoms with Crippen LogP contribution >= 0.6 is 0 Å². The van der Waals surface area contributed by atoms with Crippen molar-refractivity contribution in [3.05, 3.63) is 71.5 Å². The Bertz CT molecular complexity index is 2840. The van der Waals surface area contributed by atoms with E-state index in [-0.39, 0.29) is 54.6 Å². The molecule has 2 N–H and O–H groups in total. The van der Waals surface area contributed by atoms with Crippen LogP contribution in [0.1, 0.15) is 113 Å². The molecule has 0 saturated carbocycles. The minimum Gasteiger partial charge on any atom is -0.543 e. The molecule has 3 aliphatic rings. The second-order valence-corrected chi connectivity index (χ2v) is 29.0. The Morgan fingerprint density at radius 1 is 0.961 bits per heavy atom. The molecule has 2 aromatic carbocycles. The lowest BCUT2D eigenvalue weighted by atomic mass is 9.84. The highest BCUT2D eigenvalue weighted by atomic mass is 28.4. The van der Waals surface area contributed by atoms with Gasteiger partial charge in [0.2, 0.25) is 23.6 Å². The van der Waals surface area contributed by atoms with E-state index in [4.69, 9.17) is 13.9 Å². The number of rotatable bonds is 16. The number of cyclic esters (lactones) is 1. The molecule has 77 heavy (non-hydrogen) atoms. The summed E-state index contributed by atoms with van der Waals surface area (Å²) in [6.07, 6.45) is 5.22. The van der Waals surface area contributed by atoms with Crippen LogP contribution < -0.4 is 15.2 Å². The van der Waals surface area contributed by atoms with Crippen LogP contribution in [0.15, 0.2) is 54.9 Å². The lowest BCUT2D eigenvalue weighted by Crippen LogP contribution is -2.62. The molecule has 5 amide bonds. The van der Waals surface area contributed by atoms with Gasteiger partial charge in [-0.2, -0.15) is 0 Å². The van der Waals surface area contributed by atoms with Crippen molar-refractivity contribution in [3.63, 3.8) is 0 Å². The number of hydrazine groups is 1. The zero-order valence-corrected chi connectivity index (χ0v) is 49.2. The molecule has 5 heterocycles. The fourth-order valence-corrected chi connectivity index (χ4v) is 17.5. The number of ether oxygens (including phenoxy) is 2. The number of pyridine rings is 1. The minimum absolute atomic E-state index is 0.0384. The molecule has 4 atom stereocenters.